The van der Waals surface area contributed by atoms with Crippen LogP contribution in [0.4, 0.5) is 0 Å². The molecule has 1 aromatic heterocycles. The first-order valence-electron chi connectivity index (χ1n) is 6.37. The molecule has 0 bridgehead atoms. The van der Waals surface area contributed by atoms with E-state index in [0.29, 0.717) is 21.4 Å². The van der Waals surface area contributed by atoms with Crippen molar-refractivity contribution < 1.29 is 4.74 Å². The van der Waals surface area contributed by atoms with Gasteiger partial charge in [0, 0.05) is 5.56 Å². The van der Waals surface area contributed by atoms with E-state index in [0.717, 1.165) is 22.4 Å². The maximum absolute atomic E-state index is 6.29. The van der Waals surface area contributed by atoms with Crippen LogP contribution in [0.25, 0.3) is 22.3 Å². The zero-order valence-corrected chi connectivity index (χ0v) is 13.0. The van der Waals surface area contributed by atoms with Gasteiger partial charge in [0.05, 0.1) is 23.0 Å². The molecule has 0 fully saturated rings. The van der Waals surface area contributed by atoms with Gasteiger partial charge in [0.25, 0.3) is 0 Å². The number of aromatic nitrogens is 2. The molecule has 3 nitrogen and oxygen atoms in total. The van der Waals surface area contributed by atoms with Gasteiger partial charge in [-0.1, -0.05) is 29.3 Å². The molecule has 0 saturated carbocycles. The molecule has 0 saturated heterocycles. The molecule has 2 aromatic carbocycles. The minimum Gasteiger partial charge on any atom is -0.497 e. The summed E-state index contributed by atoms with van der Waals surface area (Å²) in [6, 6.07) is 11.3. The average Bonchev–Trinajstić information content (AvgIpc) is 2.50. The van der Waals surface area contributed by atoms with Crippen LogP contribution in [0.15, 0.2) is 36.4 Å². The van der Waals surface area contributed by atoms with E-state index >= 15 is 0 Å². The van der Waals surface area contributed by atoms with Gasteiger partial charge in [-0.2, -0.15) is 0 Å². The molecule has 3 rings (SSSR count). The van der Waals surface area contributed by atoms with Crippen molar-refractivity contribution in [3.05, 3.63) is 52.1 Å². The number of hydrogen-bond donors (Lipinski definition) is 0. The molecule has 0 unspecified atom stereocenters. The zero-order valence-electron chi connectivity index (χ0n) is 11.5. The van der Waals surface area contributed by atoms with E-state index in [4.69, 9.17) is 27.9 Å². The van der Waals surface area contributed by atoms with Crippen LogP contribution in [-0.4, -0.2) is 17.1 Å². The van der Waals surface area contributed by atoms with E-state index in [-0.39, 0.29) is 0 Å². The number of hydrogen-bond acceptors (Lipinski definition) is 3. The van der Waals surface area contributed by atoms with E-state index in [1.165, 1.54) is 0 Å². The second-order valence-corrected chi connectivity index (χ2v) is 5.42. The van der Waals surface area contributed by atoms with E-state index in [1.54, 1.807) is 7.11 Å². The Bertz CT molecular complexity index is 817. The molecule has 1 heterocycles. The number of methoxy groups -OCH3 is 1. The Morgan fingerprint density at radius 1 is 0.952 bits per heavy atom. The fourth-order valence-corrected chi connectivity index (χ4v) is 2.72. The number of nitrogens with zero attached hydrogens (tertiary/aromatic N) is 2. The molecule has 3 aromatic rings. The number of halogens is 2. The Labute approximate surface area is 132 Å². The monoisotopic (exact) mass is 318 g/mol. The first-order valence-corrected chi connectivity index (χ1v) is 7.12. The fraction of sp³-hybridized carbons (Fsp3) is 0.125. The van der Waals surface area contributed by atoms with Gasteiger partial charge in [0.1, 0.15) is 10.9 Å². The third-order valence-corrected chi connectivity index (χ3v) is 3.89. The van der Waals surface area contributed by atoms with Crippen LogP contribution < -0.4 is 4.74 Å². The summed E-state index contributed by atoms with van der Waals surface area (Å²) in [5.74, 6) is 1.35. The van der Waals surface area contributed by atoms with Gasteiger partial charge < -0.3 is 4.74 Å². The third-order valence-electron chi connectivity index (χ3n) is 3.31. The van der Waals surface area contributed by atoms with Crippen molar-refractivity contribution in [2.45, 2.75) is 6.92 Å². The summed E-state index contributed by atoms with van der Waals surface area (Å²) in [6.07, 6.45) is 0. The van der Waals surface area contributed by atoms with E-state index in [1.807, 2.05) is 43.3 Å². The molecule has 106 valence electrons. The Hall–Kier alpha value is -1.84. The minimum absolute atomic E-state index is 0.361. The highest BCUT2D eigenvalue weighted by molar-refractivity contribution is 6.41. The Balaban J connectivity index is 2.22. The highest BCUT2D eigenvalue weighted by Crippen LogP contribution is 2.32. The van der Waals surface area contributed by atoms with Crippen LogP contribution >= 0.6 is 23.2 Å². The molecule has 0 amide bonds. The van der Waals surface area contributed by atoms with E-state index < -0.39 is 0 Å². The summed E-state index contributed by atoms with van der Waals surface area (Å²) >= 11 is 12.5. The SMILES string of the molecule is COc1ccc(-c2nc(Cl)c3c(Cl)ccc(C)c3n2)cc1. The number of rotatable bonds is 2. The van der Waals surface area contributed by atoms with Gasteiger partial charge in [0.15, 0.2) is 5.82 Å². The van der Waals surface area contributed by atoms with Crippen LogP contribution in [0, 0.1) is 6.92 Å². The summed E-state index contributed by atoms with van der Waals surface area (Å²) in [5, 5.41) is 1.61. The van der Waals surface area contributed by atoms with Crippen molar-refractivity contribution in [3.8, 4) is 17.1 Å². The first kappa shape index (κ1) is 14.1. The summed E-state index contributed by atoms with van der Waals surface area (Å²) < 4.78 is 5.15. The maximum Gasteiger partial charge on any atom is 0.161 e. The highest BCUT2D eigenvalue weighted by Gasteiger charge is 2.12. The van der Waals surface area contributed by atoms with E-state index in [2.05, 4.69) is 9.97 Å². The second-order valence-electron chi connectivity index (χ2n) is 4.65. The van der Waals surface area contributed by atoms with Gasteiger partial charge in [-0.25, -0.2) is 9.97 Å². The second kappa shape index (κ2) is 5.51. The quantitative estimate of drug-likeness (QED) is 0.629. The van der Waals surface area contributed by atoms with Crippen LogP contribution in [0.1, 0.15) is 5.56 Å². The Morgan fingerprint density at radius 3 is 2.33 bits per heavy atom. The van der Waals surface area contributed by atoms with Gasteiger partial charge in [0.2, 0.25) is 0 Å². The third kappa shape index (κ3) is 2.55. The van der Waals surface area contributed by atoms with E-state index in [9.17, 15) is 0 Å². The summed E-state index contributed by atoms with van der Waals surface area (Å²) in [5.41, 5.74) is 2.65. The number of benzene rings is 2. The van der Waals surface area contributed by atoms with Crippen molar-refractivity contribution in [1.82, 2.24) is 9.97 Å². The van der Waals surface area contributed by atoms with Gasteiger partial charge in [-0.3, -0.25) is 0 Å². The largest absolute Gasteiger partial charge is 0.497 e. The summed E-state index contributed by atoms with van der Waals surface area (Å²) in [4.78, 5) is 8.96. The average molecular weight is 319 g/mol. The van der Waals surface area contributed by atoms with Crippen LogP contribution in [0.5, 0.6) is 5.75 Å². The maximum atomic E-state index is 6.29. The molecule has 0 radical (unpaired) electrons. The normalized spacial score (nSPS) is 10.9. The van der Waals surface area contributed by atoms with Crippen molar-refractivity contribution in [2.24, 2.45) is 0 Å². The Kier molecular flexibility index (Phi) is 3.70. The molecule has 0 aliphatic carbocycles. The molecule has 0 aliphatic heterocycles. The van der Waals surface area contributed by atoms with Crippen LogP contribution in [0.3, 0.4) is 0 Å². The Morgan fingerprint density at radius 2 is 1.67 bits per heavy atom. The molecule has 0 aliphatic rings. The lowest BCUT2D eigenvalue weighted by atomic mass is 10.1. The lowest BCUT2D eigenvalue weighted by Crippen LogP contribution is -1.94. The molecule has 0 N–H and O–H groups in total. The number of ether oxygens (including phenoxy) is 1. The summed E-state index contributed by atoms with van der Waals surface area (Å²) in [7, 11) is 1.63. The van der Waals surface area contributed by atoms with Gasteiger partial charge in [-0.05, 0) is 42.8 Å². The number of aryl methyl sites for hydroxylation is 1. The standard InChI is InChI=1S/C16H12Cl2N2O/c1-9-3-8-12(17)13-14(9)19-16(20-15(13)18)10-4-6-11(21-2)7-5-10/h3-8H,1-2H3. The fourth-order valence-electron chi connectivity index (χ4n) is 2.16. The lowest BCUT2D eigenvalue weighted by Gasteiger charge is -2.08. The molecule has 5 heteroatoms. The van der Waals surface area contributed by atoms with Crippen LogP contribution in [-0.2, 0) is 0 Å². The molecular formula is C16H12Cl2N2O. The van der Waals surface area contributed by atoms with Crippen LogP contribution in [0.2, 0.25) is 10.2 Å². The van der Waals surface area contributed by atoms with Crippen molar-refractivity contribution in [1.29, 1.82) is 0 Å². The van der Waals surface area contributed by atoms with Gasteiger partial charge >= 0.3 is 0 Å². The van der Waals surface area contributed by atoms with Crippen molar-refractivity contribution in [2.75, 3.05) is 7.11 Å². The zero-order chi connectivity index (χ0) is 15.0. The lowest BCUT2D eigenvalue weighted by molar-refractivity contribution is 0.415. The van der Waals surface area contributed by atoms with Gasteiger partial charge in [-0.15, -0.1) is 0 Å². The predicted octanol–water partition coefficient (Wildman–Crippen LogP) is 4.92. The molecule has 0 spiro atoms. The first-order chi connectivity index (χ1) is 10.1. The topological polar surface area (TPSA) is 35.0 Å². The summed E-state index contributed by atoms with van der Waals surface area (Å²) in [6.45, 7) is 1.97. The van der Waals surface area contributed by atoms with Crippen molar-refractivity contribution in [3.63, 3.8) is 0 Å². The predicted molar refractivity (Wildman–Crippen MR) is 86.3 cm³/mol. The number of fused-ring (bicyclic) bond motifs is 1. The molecular weight excluding hydrogens is 307 g/mol. The molecule has 0 atom stereocenters. The smallest absolute Gasteiger partial charge is 0.161 e. The highest BCUT2D eigenvalue weighted by atomic mass is 35.5. The van der Waals surface area contributed by atoms with Crippen molar-refractivity contribution >= 4 is 34.1 Å². The molecule has 21 heavy (non-hydrogen) atoms. The minimum atomic E-state index is 0.361.